The van der Waals surface area contributed by atoms with Gasteiger partial charge in [0.2, 0.25) is 0 Å². The minimum Gasteiger partial charge on any atom is -0.466 e. The maximum absolute atomic E-state index is 12.4. The molecule has 0 N–H and O–H groups in total. The highest BCUT2D eigenvalue weighted by atomic mass is 16.5. The summed E-state index contributed by atoms with van der Waals surface area (Å²) in [6.07, 6.45) is 2.72. The summed E-state index contributed by atoms with van der Waals surface area (Å²) in [5.74, 6) is -1.65. The van der Waals surface area contributed by atoms with Gasteiger partial charge in [0.05, 0.1) is 17.9 Å². The molecule has 0 radical (unpaired) electrons. The summed E-state index contributed by atoms with van der Waals surface area (Å²) in [7, 11) is 0. The maximum Gasteiger partial charge on any atom is 0.310 e. The number of ketones is 2. The van der Waals surface area contributed by atoms with Crippen molar-refractivity contribution in [3.8, 4) is 0 Å². The number of ether oxygens (including phenoxy) is 1. The molecule has 5 nitrogen and oxygen atoms in total. The van der Waals surface area contributed by atoms with E-state index in [-0.39, 0.29) is 31.0 Å². The number of carbonyl (C=O) groups excluding carboxylic acids is 4. The minimum atomic E-state index is -1.36. The fourth-order valence-electron chi connectivity index (χ4n) is 3.48. The normalized spacial score (nSPS) is 37.2. The van der Waals surface area contributed by atoms with Crippen LogP contribution in [0.3, 0.4) is 0 Å². The van der Waals surface area contributed by atoms with Crippen LogP contribution in [0.15, 0.2) is 0 Å². The van der Waals surface area contributed by atoms with Gasteiger partial charge in [-0.2, -0.15) is 0 Å². The molecule has 0 aromatic rings. The van der Waals surface area contributed by atoms with Gasteiger partial charge >= 0.3 is 5.97 Å². The molecule has 2 rings (SSSR count). The van der Waals surface area contributed by atoms with E-state index in [9.17, 15) is 19.2 Å². The van der Waals surface area contributed by atoms with Crippen LogP contribution in [0.5, 0.6) is 0 Å². The number of aldehydes is 1. The fourth-order valence-corrected chi connectivity index (χ4v) is 3.48. The molecule has 0 amide bonds. The summed E-state index contributed by atoms with van der Waals surface area (Å²) in [6.45, 7) is 3.35. The van der Waals surface area contributed by atoms with Gasteiger partial charge in [0, 0.05) is 18.3 Å². The SMILES string of the molecule is CCOC(=O)[C@@H]1C[C@@]2(CCCC2=O)CC(=O)[C@]1(C)C=O. The molecule has 0 heterocycles. The zero-order valence-corrected chi connectivity index (χ0v) is 11.9. The average molecular weight is 280 g/mol. The van der Waals surface area contributed by atoms with Crippen molar-refractivity contribution in [2.45, 2.75) is 46.0 Å². The molecule has 0 aromatic heterocycles. The summed E-state index contributed by atoms with van der Waals surface area (Å²) in [4.78, 5) is 48.0. The maximum atomic E-state index is 12.4. The lowest BCUT2D eigenvalue weighted by Crippen LogP contribution is -2.52. The topological polar surface area (TPSA) is 77.5 Å². The second-order valence-corrected chi connectivity index (χ2v) is 6.07. The Balaban J connectivity index is 2.37. The summed E-state index contributed by atoms with van der Waals surface area (Å²) >= 11 is 0. The molecule has 1 spiro atoms. The Hall–Kier alpha value is -1.52. The number of Topliss-reactive ketones (excluding diaryl/α,β-unsaturated/α-hetero) is 2. The molecule has 20 heavy (non-hydrogen) atoms. The Morgan fingerprint density at radius 2 is 2.10 bits per heavy atom. The van der Waals surface area contributed by atoms with E-state index < -0.39 is 22.7 Å². The Labute approximate surface area is 118 Å². The van der Waals surface area contributed by atoms with Gasteiger partial charge in [-0.3, -0.25) is 14.4 Å². The first-order valence-electron chi connectivity index (χ1n) is 7.09. The molecular weight excluding hydrogens is 260 g/mol. The van der Waals surface area contributed by atoms with Crippen LogP contribution in [0, 0.1) is 16.7 Å². The third-order valence-corrected chi connectivity index (χ3v) is 4.89. The van der Waals surface area contributed by atoms with E-state index in [4.69, 9.17) is 4.74 Å². The second-order valence-electron chi connectivity index (χ2n) is 6.07. The van der Waals surface area contributed by atoms with E-state index in [1.54, 1.807) is 6.92 Å². The van der Waals surface area contributed by atoms with Crippen LogP contribution in [-0.2, 0) is 23.9 Å². The van der Waals surface area contributed by atoms with Crippen molar-refractivity contribution in [1.82, 2.24) is 0 Å². The second kappa shape index (κ2) is 5.11. The van der Waals surface area contributed by atoms with Crippen LogP contribution < -0.4 is 0 Å². The number of carbonyl (C=O) groups is 4. The lowest BCUT2D eigenvalue weighted by Gasteiger charge is -2.42. The molecule has 0 bridgehead atoms. The quantitative estimate of drug-likeness (QED) is 0.444. The molecule has 0 aromatic carbocycles. The van der Waals surface area contributed by atoms with Crippen LogP contribution in [0.1, 0.15) is 46.0 Å². The van der Waals surface area contributed by atoms with Gasteiger partial charge in [0.15, 0.2) is 0 Å². The molecule has 3 atom stereocenters. The molecular formula is C15H20O5. The first-order valence-corrected chi connectivity index (χ1v) is 7.09. The summed E-state index contributed by atoms with van der Waals surface area (Å²) < 4.78 is 5.00. The van der Waals surface area contributed by atoms with Crippen molar-refractivity contribution in [3.05, 3.63) is 0 Å². The van der Waals surface area contributed by atoms with Gasteiger partial charge in [0.25, 0.3) is 0 Å². The zero-order valence-electron chi connectivity index (χ0n) is 11.9. The molecule has 5 heteroatoms. The zero-order chi connectivity index (χ0) is 15.0. The van der Waals surface area contributed by atoms with E-state index in [1.165, 1.54) is 6.92 Å². The van der Waals surface area contributed by atoms with Gasteiger partial charge in [-0.05, 0) is 33.1 Å². The van der Waals surface area contributed by atoms with Crippen molar-refractivity contribution < 1.29 is 23.9 Å². The van der Waals surface area contributed by atoms with E-state index in [0.29, 0.717) is 19.1 Å². The lowest BCUT2D eigenvalue weighted by molar-refractivity contribution is -0.166. The van der Waals surface area contributed by atoms with Gasteiger partial charge in [0.1, 0.15) is 17.9 Å². The molecule has 2 saturated carbocycles. The fraction of sp³-hybridized carbons (Fsp3) is 0.733. The first kappa shape index (κ1) is 14.9. The van der Waals surface area contributed by atoms with Crippen molar-refractivity contribution in [3.63, 3.8) is 0 Å². The highest BCUT2D eigenvalue weighted by molar-refractivity contribution is 6.06. The van der Waals surface area contributed by atoms with Crippen molar-refractivity contribution in [2.75, 3.05) is 6.61 Å². The smallest absolute Gasteiger partial charge is 0.310 e. The van der Waals surface area contributed by atoms with E-state index >= 15 is 0 Å². The predicted molar refractivity (Wildman–Crippen MR) is 69.8 cm³/mol. The standard InChI is InChI=1S/C15H20O5/c1-3-20-13(19)10-7-15(6-4-5-11(15)17)8-12(18)14(10,2)9-16/h9-10H,3-8H2,1-2H3/t10-,14+,15-/m0/s1. The Morgan fingerprint density at radius 1 is 1.40 bits per heavy atom. The van der Waals surface area contributed by atoms with Crippen LogP contribution >= 0.6 is 0 Å². The molecule has 2 fully saturated rings. The molecule has 2 aliphatic rings. The third-order valence-electron chi connectivity index (χ3n) is 4.89. The third kappa shape index (κ3) is 2.09. The van der Waals surface area contributed by atoms with Gasteiger partial charge < -0.3 is 9.53 Å². The van der Waals surface area contributed by atoms with Crippen molar-refractivity contribution >= 4 is 23.8 Å². The summed E-state index contributed by atoms with van der Waals surface area (Å²) in [5, 5.41) is 0. The lowest BCUT2D eigenvalue weighted by atomic mass is 9.57. The van der Waals surface area contributed by atoms with Gasteiger partial charge in [-0.1, -0.05) is 0 Å². The number of esters is 1. The molecule has 0 aliphatic heterocycles. The van der Waals surface area contributed by atoms with E-state index in [1.807, 2.05) is 0 Å². The molecule has 2 aliphatic carbocycles. The van der Waals surface area contributed by atoms with Crippen LogP contribution in [0.2, 0.25) is 0 Å². The molecule has 110 valence electrons. The summed E-state index contributed by atoms with van der Waals surface area (Å²) in [6, 6.07) is 0. The van der Waals surface area contributed by atoms with Crippen LogP contribution in [0.25, 0.3) is 0 Å². The Kier molecular flexibility index (Phi) is 3.80. The minimum absolute atomic E-state index is 0.0492. The van der Waals surface area contributed by atoms with Gasteiger partial charge in [-0.25, -0.2) is 0 Å². The first-order chi connectivity index (χ1) is 9.39. The summed E-state index contributed by atoms with van der Waals surface area (Å²) in [5.41, 5.74) is -2.10. The predicted octanol–water partition coefficient (Wildman–Crippen LogP) is 1.47. The van der Waals surface area contributed by atoms with Crippen LogP contribution in [0.4, 0.5) is 0 Å². The highest BCUT2D eigenvalue weighted by Crippen LogP contribution is 2.52. The van der Waals surface area contributed by atoms with Gasteiger partial charge in [-0.15, -0.1) is 0 Å². The Bertz CT molecular complexity index is 469. The largest absolute Gasteiger partial charge is 0.466 e. The molecule has 0 unspecified atom stereocenters. The number of rotatable bonds is 3. The van der Waals surface area contributed by atoms with Crippen LogP contribution in [-0.4, -0.2) is 30.4 Å². The molecule has 0 saturated heterocycles. The van der Waals surface area contributed by atoms with E-state index in [0.717, 1.165) is 6.42 Å². The Morgan fingerprint density at radius 3 is 2.60 bits per heavy atom. The average Bonchev–Trinajstić information content (AvgIpc) is 2.75. The number of hydrogen-bond acceptors (Lipinski definition) is 5. The monoisotopic (exact) mass is 280 g/mol. The van der Waals surface area contributed by atoms with Crippen molar-refractivity contribution in [1.29, 1.82) is 0 Å². The van der Waals surface area contributed by atoms with E-state index in [2.05, 4.69) is 0 Å². The highest BCUT2D eigenvalue weighted by Gasteiger charge is 2.58. The number of hydrogen-bond donors (Lipinski definition) is 0. The van der Waals surface area contributed by atoms with Crippen molar-refractivity contribution in [2.24, 2.45) is 16.7 Å².